The van der Waals surface area contributed by atoms with Crippen LogP contribution >= 0.6 is 0 Å². The lowest BCUT2D eigenvalue weighted by Gasteiger charge is -2.03. The van der Waals surface area contributed by atoms with Gasteiger partial charge in [-0.3, -0.25) is 0 Å². The molecule has 0 aliphatic rings. The molecule has 0 saturated carbocycles. The van der Waals surface area contributed by atoms with Gasteiger partial charge in [-0.05, 0) is 35.9 Å². The zero-order chi connectivity index (χ0) is 15.9. The third kappa shape index (κ3) is 2.22. The lowest BCUT2D eigenvalue weighted by molar-refractivity contribution is 0.0604. The first-order valence-corrected chi connectivity index (χ1v) is 6.36. The molecule has 0 spiro atoms. The second-order valence-corrected chi connectivity index (χ2v) is 4.69. The molecule has 0 aliphatic carbocycles. The molecule has 0 aliphatic heterocycles. The van der Waals surface area contributed by atoms with Crippen molar-refractivity contribution in [3.8, 4) is 11.3 Å². The zero-order valence-corrected chi connectivity index (χ0v) is 11.4. The highest BCUT2D eigenvalue weighted by molar-refractivity contribution is 6.10. The van der Waals surface area contributed by atoms with Gasteiger partial charge in [-0.15, -0.1) is 0 Å². The summed E-state index contributed by atoms with van der Waals surface area (Å²) in [6, 6.07) is 7.26. The molecule has 1 heterocycles. The molecular weight excluding hydrogens is 295 g/mol. The van der Waals surface area contributed by atoms with Crippen LogP contribution in [-0.4, -0.2) is 18.1 Å². The zero-order valence-electron chi connectivity index (χ0n) is 11.4. The molecule has 6 heteroatoms. The van der Waals surface area contributed by atoms with Gasteiger partial charge in [0, 0.05) is 18.4 Å². The predicted molar refractivity (Wildman–Crippen MR) is 77.1 cm³/mol. The number of benzene rings is 2. The molecular formula is C16H12F3NO2. The molecule has 22 heavy (non-hydrogen) atoms. The van der Waals surface area contributed by atoms with Crippen LogP contribution in [-0.2, 0) is 4.74 Å². The number of H-pyrrole nitrogens is 1. The fraction of sp³-hybridized carbons (Fsp3) is 0.0625. The van der Waals surface area contributed by atoms with E-state index in [-0.39, 0.29) is 17.9 Å². The van der Waals surface area contributed by atoms with Gasteiger partial charge >= 0.3 is 5.97 Å². The van der Waals surface area contributed by atoms with Crippen molar-refractivity contribution >= 4 is 16.9 Å². The average molecular weight is 307 g/mol. The second kappa shape index (κ2) is 5.22. The Morgan fingerprint density at radius 3 is 2.36 bits per heavy atom. The van der Waals surface area contributed by atoms with E-state index in [9.17, 15) is 18.0 Å². The Labute approximate surface area is 124 Å². The summed E-state index contributed by atoms with van der Waals surface area (Å²) in [4.78, 5) is 14.9. The first-order valence-electron chi connectivity index (χ1n) is 6.36. The Balaban J connectivity index is 0.00000192. The van der Waals surface area contributed by atoms with Crippen LogP contribution in [0.2, 0.25) is 0 Å². The number of carbonyl (C=O) groups is 1. The summed E-state index contributed by atoms with van der Waals surface area (Å²) in [6.45, 7) is 0. The van der Waals surface area contributed by atoms with Crippen molar-refractivity contribution in [2.45, 2.75) is 0 Å². The molecule has 1 aromatic heterocycles. The smallest absolute Gasteiger partial charge is 0.340 e. The summed E-state index contributed by atoms with van der Waals surface area (Å²) < 4.78 is 44.6. The van der Waals surface area contributed by atoms with Gasteiger partial charge in [0.1, 0.15) is 5.82 Å². The van der Waals surface area contributed by atoms with E-state index in [1.54, 1.807) is 0 Å². The van der Waals surface area contributed by atoms with Crippen molar-refractivity contribution in [2.24, 2.45) is 0 Å². The van der Waals surface area contributed by atoms with E-state index in [2.05, 4.69) is 4.98 Å². The number of methoxy groups -OCH3 is 1. The first-order chi connectivity index (χ1) is 10.5. The number of fused-ring (bicyclic) bond motifs is 1. The van der Waals surface area contributed by atoms with Crippen LogP contribution in [0.1, 0.15) is 11.8 Å². The molecule has 0 saturated heterocycles. The third-order valence-electron chi connectivity index (χ3n) is 3.36. The van der Waals surface area contributed by atoms with Gasteiger partial charge in [-0.25, -0.2) is 18.0 Å². The molecule has 3 rings (SSSR count). The fourth-order valence-corrected chi connectivity index (χ4v) is 2.34. The predicted octanol–water partition coefficient (Wildman–Crippen LogP) is 4.28. The number of aromatic amines is 1. The minimum Gasteiger partial charge on any atom is -0.465 e. The van der Waals surface area contributed by atoms with E-state index in [4.69, 9.17) is 4.74 Å². The van der Waals surface area contributed by atoms with Crippen molar-refractivity contribution < 1.29 is 24.1 Å². The first kappa shape index (κ1) is 14.2. The van der Waals surface area contributed by atoms with Gasteiger partial charge in [0.05, 0.1) is 18.4 Å². The number of hydrogen-bond acceptors (Lipinski definition) is 2. The Morgan fingerprint density at radius 2 is 1.73 bits per heavy atom. The fourth-order valence-electron chi connectivity index (χ4n) is 2.34. The van der Waals surface area contributed by atoms with Gasteiger partial charge in [-0.1, -0.05) is 0 Å². The maximum atomic E-state index is 13.5. The highest BCUT2D eigenvalue weighted by Crippen LogP contribution is 2.32. The topological polar surface area (TPSA) is 42.1 Å². The summed E-state index contributed by atoms with van der Waals surface area (Å²) in [6.07, 6.45) is 0. The Morgan fingerprint density at radius 1 is 1.09 bits per heavy atom. The molecule has 0 radical (unpaired) electrons. The highest BCUT2D eigenvalue weighted by atomic mass is 19.2. The van der Waals surface area contributed by atoms with Gasteiger partial charge in [0.25, 0.3) is 0 Å². The van der Waals surface area contributed by atoms with Crippen molar-refractivity contribution in [2.75, 3.05) is 7.11 Å². The molecule has 3 aromatic rings. The number of hydrogen-bond donors (Lipinski definition) is 1. The molecule has 0 amide bonds. The van der Waals surface area contributed by atoms with Crippen LogP contribution in [0.5, 0.6) is 0 Å². The van der Waals surface area contributed by atoms with Gasteiger partial charge in [0.2, 0.25) is 0 Å². The van der Waals surface area contributed by atoms with Crippen LogP contribution in [0.25, 0.3) is 22.2 Å². The molecule has 0 bridgehead atoms. The highest BCUT2D eigenvalue weighted by Gasteiger charge is 2.22. The molecule has 0 unspecified atom stereocenters. The number of esters is 1. The number of rotatable bonds is 2. The molecule has 0 fully saturated rings. The maximum absolute atomic E-state index is 13.5. The van der Waals surface area contributed by atoms with Crippen LogP contribution in [0.15, 0.2) is 36.4 Å². The molecule has 1 N–H and O–H groups in total. The van der Waals surface area contributed by atoms with Crippen molar-refractivity contribution in [3.63, 3.8) is 0 Å². The monoisotopic (exact) mass is 307 g/mol. The molecule has 2 aromatic carbocycles. The molecule has 114 valence electrons. The van der Waals surface area contributed by atoms with E-state index < -0.39 is 23.4 Å². The van der Waals surface area contributed by atoms with Crippen LogP contribution in [0.3, 0.4) is 0 Å². The minimum absolute atomic E-state index is 0. The SMILES string of the molecule is COC(=O)c1c(-c2ccc(F)cc2)[nH]c2cc(F)c(F)cc12.[HH]. The summed E-state index contributed by atoms with van der Waals surface area (Å²) in [5, 5.41) is 0.199. The van der Waals surface area contributed by atoms with Crippen molar-refractivity contribution in [1.82, 2.24) is 4.98 Å². The number of ether oxygens (including phenoxy) is 1. The van der Waals surface area contributed by atoms with Crippen LogP contribution in [0, 0.1) is 17.5 Å². The Hall–Kier alpha value is -2.76. The average Bonchev–Trinajstić information content (AvgIpc) is 2.86. The summed E-state index contributed by atoms with van der Waals surface area (Å²) >= 11 is 0. The summed E-state index contributed by atoms with van der Waals surface area (Å²) in [5.41, 5.74) is 1.13. The third-order valence-corrected chi connectivity index (χ3v) is 3.36. The normalized spacial score (nSPS) is 10.9. The number of halogens is 3. The van der Waals surface area contributed by atoms with E-state index in [0.29, 0.717) is 11.3 Å². The lowest BCUT2D eigenvalue weighted by Crippen LogP contribution is -2.02. The Bertz CT molecular complexity index is 875. The van der Waals surface area contributed by atoms with Gasteiger partial charge in [0.15, 0.2) is 11.6 Å². The standard InChI is InChI=1S/C16H10F3NO2.H2/c1-22-16(21)14-10-6-11(18)12(19)7-13(10)20-15(14)8-2-4-9(17)5-3-8;/h2-7,20H,1H3;1H. The van der Waals surface area contributed by atoms with E-state index in [0.717, 1.165) is 12.1 Å². The number of aromatic nitrogens is 1. The molecule has 3 nitrogen and oxygen atoms in total. The van der Waals surface area contributed by atoms with Crippen LogP contribution < -0.4 is 0 Å². The minimum atomic E-state index is -1.07. The van der Waals surface area contributed by atoms with Crippen molar-refractivity contribution in [3.05, 3.63) is 59.4 Å². The quantitative estimate of drug-likeness (QED) is 0.718. The lowest BCUT2D eigenvalue weighted by atomic mass is 10.1. The largest absolute Gasteiger partial charge is 0.465 e. The van der Waals surface area contributed by atoms with E-state index in [1.807, 2.05) is 0 Å². The Kier molecular flexibility index (Phi) is 3.36. The van der Waals surface area contributed by atoms with Gasteiger partial charge < -0.3 is 9.72 Å². The number of carbonyl (C=O) groups excluding carboxylic acids is 1. The van der Waals surface area contributed by atoms with Crippen LogP contribution in [0.4, 0.5) is 13.2 Å². The maximum Gasteiger partial charge on any atom is 0.340 e. The van der Waals surface area contributed by atoms with E-state index >= 15 is 0 Å². The van der Waals surface area contributed by atoms with E-state index in [1.165, 1.54) is 31.4 Å². The summed E-state index contributed by atoms with van der Waals surface area (Å²) in [7, 11) is 1.19. The number of nitrogens with one attached hydrogen (secondary N) is 1. The summed E-state index contributed by atoms with van der Waals surface area (Å²) in [5.74, 6) is -3.23. The van der Waals surface area contributed by atoms with Gasteiger partial charge in [-0.2, -0.15) is 0 Å². The second-order valence-electron chi connectivity index (χ2n) is 4.69. The molecule has 0 atom stereocenters. The van der Waals surface area contributed by atoms with Crippen molar-refractivity contribution in [1.29, 1.82) is 0 Å².